The Bertz CT molecular complexity index is 497. The van der Waals surface area contributed by atoms with Gasteiger partial charge in [-0.1, -0.05) is 0 Å². The van der Waals surface area contributed by atoms with Gasteiger partial charge in [-0.15, -0.1) is 0 Å². The first kappa shape index (κ1) is 10.6. The number of aromatic nitrogens is 1. The Morgan fingerprint density at radius 3 is 2.31 bits per heavy atom. The van der Waals surface area contributed by atoms with Crippen molar-refractivity contribution in [3.8, 4) is 17.0 Å². The number of nitrogens with zero attached hydrogens (tertiary/aromatic N) is 1. The second-order valence-corrected chi connectivity index (χ2v) is 3.77. The minimum absolute atomic E-state index is 0.214. The third-order valence-electron chi connectivity index (χ3n) is 2.50. The number of halogens is 1. The monoisotopic (exact) mass is 217 g/mol. The zero-order valence-electron chi connectivity index (χ0n) is 9.16. The van der Waals surface area contributed by atoms with Crippen molar-refractivity contribution < 1.29 is 9.50 Å². The molecule has 0 saturated heterocycles. The average molecular weight is 217 g/mol. The summed E-state index contributed by atoms with van der Waals surface area (Å²) in [4.78, 5) is 4.26. The molecule has 1 aromatic carbocycles. The van der Waals surface area contributed by atoms with Gasteiger partial charge in [0.05, 0.1) is 11.4 Å². The van der Waals surface area contributed by atoms with Crippen LogP contribution < -0.4 is 0 Å². The normalized spacial score (nSPS) is 10.4. The first-order valence-electron chi connectivity index (χ1n) is 5.01. The number of aryl methyl sites for hydroxylation is 2. The molecule has 0 saturated carbocycles. The van der Waals surface area contributed by atoms with Gasteiger partial charge < -0.3 is 5.11 Å². The highest BCUT2D eigenvalue weighted by molar-refractivity contribution is 5.61. The summed E-state index contributed by atoms with van der Waals surface area (Å²) in [5.74, 6) is -0.0539. The standard InChI is InChI=1S/C13H12FNO/c1-8-7-12(15-9(2)13(8)16)10-3-5-11(14)6-4-10/h3-7,16H,1-2H3. The second-order valence-electron chi connectivity index (χ2n) is 3.77. The largest absolute Gasteiger partial charge is 0.506 e. The summed E-state index contributed by atoms with van der Waals surface area (Å²) >= 11 is 0. The fraction of sp³-hybridized carbons (Fsp3) is 0.154. The second kappa shape index (κ2) is 3.93. The molecule has 0 aliphatic carbocycles. The van der Waals surface area contributed by atoms with Gasteiger partial charge in [-0.05, 0) is 49.7 Å². The predicted octanol–water partition coefficient (Wildman–Crippen LogP) is 3.21. The van der Waals surface area contributed by atoms with E-state index in [1.807, 2.05) is 6.92 Å². The molecule has 82 valence electrons. The van der Waals surface area contributed by atoms with Crippen LogP contribution in [0.1, 0.15) is 11.3 Å². The number of hydrogen-bond acceptors (Lipinski definition) is 2. The molecular formula is C13H12FNO. The van der Waals surface area contributed by atoms with E-state index in [1.165, 1.54) is 12.1 Å². The Morgan fingerprint density at radius 1 is 1.12 bits per heavy atom. The Hall–Kier alpha value is -1.90. The van der Waals surface area contributed by atoms with E-state index < -0.39 is 0 Å². The Labute approximate surface area is 93.4 Å². The van der Waals surface area contributed by atoms with E-state index in [-0.39, 0.29) is 11.6 Å². The Balaban J connectivity index is 2.52. The lowest BCUT2D eigenvalue weighted by atomic mass is 10.1. The van der Waals surface area contributed by atoms with Crippen LogP contribution in [0, 0.1) is 19.7 Å². The van der Waals surface area contributed by atoms with E-state index >= 15 is 0 Å². The van der Waals surface area contributed by atoms with Crippen molar-refractivity contribution in [3.05, 3.63) is 47.4 Å². The highest BCUT2D eigenvalue weighted by atomic mass is 19.1. The summed E-state index contributed by atoms with van der Waals surface area (Å²) in [5, 5.41) is 9.60. The van der Waals surface area contributed by atoms with Crippen LogP contribution in [0.15, 0.2) is 30.3 Å². The van der Waals surface area contributed by atoms with Crippen LogP contribution in [0.4, 0.5) is 4.39 Å². The highest BCUT2D eigenvalue weighted by Gasteiger charge is 2.06. The van der Waals surface area contributed by atoms with E-state index in [0.717, 1.165) is 16.8 Å². The minimum atomic E-state index is -0.268. The van der Waals surface area contributed by atoms with Crippen LogP contribution in [0.3, 0.4) is 0 Å². The zero-order valence-corrected chi connectivity index (χ0v) is 9.16. The molecular weight excluding hydrogens is 205 g/mol. The summed E-state index contributed by atoms with van der Waals surface area (Å²) in [5.41, 5.74) is 2.94. The van der Waals surface area contributed by atoms with Crippen LogP contribution in [-0.4, -0.2) is 10.1 Å². The molecule has 0 amide bonds. The maximum atomic E-state index is 12.8. The van der Waals surface area contributed by atoms with Gasteiger partial charge in [-0.25, -0.2) is 9.37 Å². The molecule has 2 aromatic rings. The molecule has 0 bridgehead atoms. The van der Waals surface area contributed by atoms with Crippen LogP contribution in [-0.2, 0) is 0 Å². The van der Waals surface area contributed by atoms with E-state index in [2.05, 4.69) is 4.98 Å². The third-order valence-corrected chi connectivity index (χ3v) is 2.50. The van der Waals surface area contributed by atoms with Crippen molar-refractivity contribution >= 4 is 0 Å². The van der Waals surface area contributed by atoms with Gasteiger partial charge in [0.1, 0.15) is 11.6 Å². The van der Waals surface area contributed by atoms with E-state index in [0.29, 0.717) is 5.69 Å². The first-order valence-corrected chi connectivity index (χ1v) is 5.01. The quantitative estimate of drug-likeness (QED) is 0.795. The topological polar surface area (TPSA) is 33.1 Å². The molecule has 16 heavy (non-hydrogen) atoms. The highest BCUT2D eigenvalue weighted by Crippen LogP contribution is 2.25. The summed E-state index contributed by atoms with van der Waals surface area (Å²) < 4.78 is 12.8. The van der Waals surface area contributed by atoms with Gasteiger partial charge in [0, 0.05) is 5.56 Å². The minimum Gasteiger partial charge on any atom is -0.506 e. The van der Waals surface area contributed by atoms with Crippen LogP contribution in [0.5, 0.6) is 5.75 Å². The molecule has 1 aromatic heterocycles. The molecule has 0 radical (unpaired) electrons. The molecule has 2 rings (SSSR count). The van der Waals surface area contributed by atoms with Gasteiger partial charge in [0.15, 0.2) is 0 Å². The smallest absolute Gasteiger partial charge is 0.139 e. The predicted molar refractivity (Wildman–Crippen MR) is 60.8 cm³/mol. The summed E-state index contributed by atoms with van der Waals surface area (Å²) in [6.07, 6.45) is 0. The first-order chi connectivity index (χ1) is 7.58. The number of rotatable bonds is 1. The Morgan fingerprint density at radius 2 is 1.75 bits per heavy atom. The van der Waals surface area contributed by atoms with Gasteiger partial charge in [-0.3, -0.25) is 0 Å². The third kappa shape index (κ3) is 1.89. The maximum Gasteiger partial charge on any atom is 0.139 e. The lowest BCUT2D eigenvalue weighted by Crippen LogP contribution is -1.90. The van der Waals surface area contributed by atoms with Crippen molar-refractivity contribution in [1.82, 2.24) is 4.98 Å². The molecule has 0 aliphatic rings. The molecule has 0 atom stereocenters. The van der Waals surface area contributed by atoms with Gasteiger partial charge in [0.25, 0.3) is 0 Å². The van der Waals surface area contributed by atoms with Crippen molar-refractivity contribution in [3.63, 3.8) is 0 Å². The molecule has 0 fully saturated rings. The number of aromatic hydroxyl groups is 1. The SMILES string of the molecule is Cc1cc(-c2ccc(F)cc2)nc(C)c1O. The van der Waals surface area contributed by atoms with Crippen LogP contribution >= 0.6 is 0 Å². The number of benzene rings is 1. The lowest BCUT2D eigenvalue weighted by Gasteiger charge is -2.06. The van der Waals surface area contributed by atoms with E-state index in [4.69, 9.17) is 0 Å². The average Bonchev–Trinajstić information content (AvgIpc) is 2.26. The van der Waals surface area contributed by atoms with E-state index in [9.17, 15) is 9.50 Å². The zero-order chi connectivity index (χ0) is 11.7. The Kier molecular flexibility index (Phi) is 2.60. The number of hydrogen-bond donors (Lipinski definition) is 1. The molecule has 1 heterocycles. The van der Waals surface area contributed by atoms with Gasteiger partial charge in [-0.2, -0.15) is 0 Å². The maximum absolute atomic E-state index is 12.8. The summed E-state index contributed by atoms with van der Waals surface area (Å²) in [6, 6.07) is 7.93. The summed E-state index contributed by atoms with van der Waals surface area (Å²) in [7, 11) is 0. The van der Waals surface area contributed by atoms with Crippen molar-refractivity contribution in [2.75, 3.05) is 0 Å². The molecule has 3 heteroatoms. The molecule has 0 spiro atoms. The fourth-order valence-corrected chi connectivity index (χ4v) is 1.59. The van der Waals surface area contributed by atoms with Gasteiger partial charge in [0.2, 0.25) is 0 Å². The van der Waals surface area contributed by atoms with Crippen molar-refractivity contribution in [2.45, 2.75) is 13.8 Å². The van der Waals surface area contributed by atoms with Gasteiger partial charge >= 0.3 is 0 Å². The lowest BCUT2D eigenvalue weighted by molar-refractivity contribution is 0.463. The fourth-order valence-electron chi connectivity index (χ4n) is 1.59. The molecule has 1 N–H and O–H groups in total. The van der Waals surface area contributed by atoms with Crippen LogP contribution in [0.25, 0.3) is 11.3 Å². The van der Waals surface area contributed by atoms with Crippen LogP contribution in [0.2, 0.25) is 0 Å². The molecule has 0 unspecified atom stereocenters. The number of pyridine rings is 1. The summed E-state index contributed by atoms with van der Waals surface area (Å²) in [6.45, 7) is 3.56. The van der Waals surface area contributed by atoms with Crippen molar-refractivity contribution in [1.29, 1.82) is 0 Å². The molecule has 2 nitrogen and oxygen atoms in total. The molecule has 0 aliphatic heterocycles. The van der Waals surface area contributed by atoms with Crippen molar-refractivity contribution in [2.24, 2.45) is 0 Å². The van der Waals surface area contributed by atoms with E-state index in [1.54, 1.807) is 25.1 Å².